The van der Waals surface area contributed by atoms with Gasteiger partial charge in [-0.3, -0.25) is 9.59 Å². The van der Waals surface area contributed by atoms with Crippen molar-refractivity contribution in [1.82, 2.24) is 9.88 Å². The molecule has 0 bridgehead atoms. The molecule has 1 fully saturated rings. The standard InChI is InChI=1S/C23H26ClN3O4/c1-31-21-7-5-6-18(25-21)20(28)15-23(30)17-14-16(24)8-9-19(17)27(22(23)29)13-12-26-10-3-2-4-11-26/h5-9,14,30H,2-4,10-13,15H2,1H3. The molecule has 164 valence electrons. The number of methoxy groups -OCH3 is 1. The number of piperidine rings is 1. The number of anilines is 1. The quantitative estimate of drug-likeness (QED) is 0.662. The van der Waals surface area contributed by atoms with Crippen LogP contribution in [-0.4, -0.2) is 60.0 Å². The van der Waals surface area contributed by atoms with Gasteiger partial charge in [-0.15, -0.1) is 0 Å². The van der Waals surface area contributed by atoms with E-state index in [1.807, 2.05) is 0 Å². The van der Waals surface area contributed by atoms with Gasteiger partial charge in [0.2, 0.25) is 5.88 Å². The zero-order valence-corrected chi connectivity index (χ0v) is 18.3. The van der Waals surface area contributed by atoms with Crippen molar-refractivity contribution in [1.29, 1.82) is 0 Å². The van der Waals surface area contributed by atoms with Crippen molar-refractivity contribution in [2.75, 3.05) is 38.2 Å². The molecule has 1 atom stereocenters. The molecule has 8 heteroatoms. The number of pyridine rings is 1. The summed E-state index contributed by atoms with van der Waals surface area (Å²) in [5, 5.41) is 11.9. The van der Waals surface area contributed by atoms with Crippen LogP contribution in [0.4, 0.5) is 5.69 Å². The highest BCUT2D eigenvalue weighted by Gasteiger charge is 2.51. The number of nitrogens with zero attached hydrogens (tertiary/aromatic N) is 3. The zero-order valence-electron chi connectivity index (χ0n) is 17.5. The first-order valence-electron chi connectivity index (χ1n) is 10.5. The van der Waals surface area contributed by atoms with E-state index < -0.39 is 23.7 Å². The number of likely N-dealkylation sites (tertiary alicyclic amines) is 1. The van der Waals surface area contributed by atoms with Crippen LogP contribution in [0.15, 0.2) is 36.4 Å². The molecule has 1 amide bonds. The van der Waals surface area contributed by atoms with Gasteiger partial charge in [0.15, 0.2) is 11.4 Å². The second kappa shape index (κ2) is 8.94. The number of amides is 1. The summed E-state index contributed by atoms with van der Waals surface area (Å²) in [5.41, 5.74) is -0.889. The van der Waals surface area contributed by atoms with E-state index in [0.717, 1.165) is 32.5 Å². The highest BCUT2D eigenvalue weighted by atomic mass is 35.5. The van der Waals surface area contributed by atoms with Crippen LogP contribution in [0.3, 0.4) is 0 Å². The Kier molecular flexibility index (Phi) is 6.27. The first-order chi connectivity index (χ1) is 14.9. The maximum atomic E-state index is 13.4. The van der Waals surface area contributed by atoms with E-state index in [2.05, 4.69) is 9.88 Å². The van der Waals surface area contributed by atoms with Gasteiger partial charge < -0.3 is 19.6 Å². The molecule has 1 N–H and O–H groups in total. The van der Waals surface area contributed by atoms with E-state index in [1.165, 1.54) is 13.5 Å². The first-order valence-corrected chi connectivity index (χ1v) is 10.9. The van der Waals surface area contributed by atoms with Gasteiger partial charge in [0, 0.05) is 29.7 Å². The molecule has 2 aliphatic heterocycles. The number of fused-ring (bicyclic) bond motifs is 1. The van der Waals surface area contributed by atoms with E-state index in [9.17, 15) is 14.7 Å². The van der Waals surface area contributed by atoms with Crippen molar-refractivity contribution in [3.8, 4) is 5.88 Å². The molecule has 0 aliphatic carbocycles. The van der Waals surface area contributed by atoms with Gasteiger partial charge in [0.25, 0.3) is 5.91 Å². The summed E-state index contributed by atoms with van der Waals surface area (Å²) >= 11 is 6.18. The number of hydrogen-bond acceptors (Lipinski definition) is 6. The lowest BCUT2D eigenvalue weighted by Crippen LogP contribution is -2.45. The molecule has 0 radical (unpaired) electrons. The van der Waals surface area contributed by atoms with Gasteiger partial charge in [-0.1, -0.05) is 24.1 Å². The summed E-state index contributed by atoms with van der Waals surface area (Å²) in [6.07, 6.45) is 3.14. The van der Waals surface area contributed by atoms with Crippen molar-refractivity contribution in [2.45, 2.75) is 31.3 Å². The highest BCUT2D eigenvalue weighted by Crippen LogP contribution is 2.44. The number of carbonyl (C=O) groups excluding carboxylic acids is 2. The minimum absolute atomic E-state index is 0.135. The summed E-state index contributed by atoms with van der Waals surface area (Å²) in [5.74, 6) is -0.654. The molecule has 1 aromatic carbocycles. The fraction of sp³-hybridized carbons (Fsp3) is 0.435. The van der Waals surface area contributed by atoms with Crippen molar-refractivity contribution in [3.05, 3.63) is 52.7 Å². The van der Waals surface area contributed by atoms with Crippen LogP contribution < -0.4 is 9.64 Å². The Bertz CT molecular complexity index is 993. The maximum absolute atomic E-state index is 13.4. The Labute approximate surface area is 186 Å². The smallest absolute Gasteiger partial charge is 0.264 e. The molecule has 1 unspecified atom stereocenters. The van der Waals surface area contributed by atoms with Crippen LogP contribution in [0.25, 0.3) is 0 Å². The molecule has 7 nitrogen and oxygen atoms in total. The average molecular weight is 444 g/mol. The number of ketones is 1. The number of carbonyl (C=O) groups is 2. The molecular weight excluding hydrogens is 418 g/mol. The minimum atomic E-state index is -1.98. The summed E-state index contributed by atoms with van der Waals surface area (Å²) in [6, 6.07) is 9.82. The average Bonchev–Trinajstić information content (AvgIpc) is 2.99. The van der Waals surface area contributed by atoms with E-state index >= 15 is 0 Å². The normalized spacial score (nSPS) is 21.3. The molecule has 4 rings (SSSR count). The van der Waals surface area contributed by atoms with E-state index in [-0.39, 0.29) is 5.69 Å². The topological polar surface area (TPSA) is 83.0 Å². The lowest BCUT2D eigenvalue weighted by molar-refractivity contribution is -0.135. The SMILES string of the molecule is COc1cccc(C(=O)CC2(O)C(=O)N(CCN3CCCCC3)c3ccc(Cl)cc32)n1. The summed E-state index contributed by atoms with van der Waals surface area (Å²) < 4.78 is 5.08. The number of aliphatic hydroxyl groups is 1. The van der Waals surface area contributed by atoms with Crippen LogP contribution in [-0.2, 0) is 10.4 Å². The van der Waals surface area contributed by atoms with Crippen molar-refractivity contribution in [3.63, 3.8) is 0 Å². The Morgan fingerprint density at radius 2 is 1.97 bits per heavy atom. The van der Waals surface area contributed by atoms with Gasteiger partial charge >= 0.3 is 0 Å². The van der Waals surface area contributed by atoms with Gasteiger partial charge in [0.1, 0.15) is 5.69 Å². The Balaban J connectivity index is 1.59. The van der Waals surface area contributed by atoms with Crippen LogP contribution in [0, 0.1) is 0 Å². The second-order valence-corrected chi connectivity index (χ2v) is 8.48. The number of Topliss-reactive ketones (excluding diaryl/α,β-unsaturated/α-hetero) is 1. The number of halogens is 1. The highest BCUT2D eigenvalue weighted by molar-refractivity contribution is 6.31. The van der Waals surface area contributed by atoms with Crippen LogP contribution >= 0.6 is 11.6 Å². The summed E-state index contributed by atoms with van der Waals surface area (Å²) in [7, 11) is 1.46. The number of ether oxygens (including phenoxy) is 1. The Morgan fingerprint density at radius 3 is 2.71 bits per heavy atom. The van der Waals surface area contributed by atoms with E-state index in [0.29, 0.717) is 28.7 Å². The number of benzene rings is 1. The molecular formula is C23H26ClN3O4. The largest absolute Gasteiger partial charge is 0.481 e. The molecule has 1 saturated heterocycles. The summed E-state index contributed by atoms with van der Waals surface area (Å²) in [4.78, 5) is 34.4. The Morgan fingerprint density at radius 1 is 1.19 bits per heavy atom. The third-order valence-corrected chi connectivity index (χ3v) is 6.25. The van der Waals surface area contributed by atoms with Gasteiger partial charge in [-0.2, -0.15) is 0 Å². The minimum Gasteiger partial charge on any atom is -0.481 e. The molecule has 2 aliphatic rings. The number of aromatic nitrogens is 1. The molecule has 1 aromatic heterocycles. The first kappa shape index (κ1) is 21.7. The van der Waals surface area contributed by atoms with Crippen molar-refractivity contribution < 1.29 is 19.4 Å². The fourth-order valence-electron chi connectivity index (χ4n) is 4.35. The van der Waals surface area contributed by atoms with Crippen LogP contribution in [0.1, 0.15) is 41.7 Å². The Hall–Kier alpha value is -2.48. The molecule has 0 saturated carbocycles. The third kappa shape index (κ3) is 4.31. The van der Waals surface area contributed by atoms with Gasteiger partial charge in [0.05, 0.1) is 19.2 Å². The van der Waals surface area contributed by atoms with E-state index in [1.54, 1.807) is 41.3 Å². The fourth-order valence-corrected chi connectivity index (χ4v) is 4.52. The predicted octanol–water partition coefficient (Wildman–Crippen LogP) is 3.04. The maximum Gasteiger partial charge on any atom is 0.264 e. The molecule has 0 spiro atoms. The van der Waals surface area contributed by atoms with Crippen molar-refractivity contribution >= 4 is 29.0 Å². The molecule has 3 heterocycles. The molecule has 2 aromatic rings. The lowest BCUT2D eigenvalue weighted by Gasteiger charge is -2.29. The number of hydrogen-bond donors (Lipinski definition) is 1. The summed E-state index contributed by atoms with van der Waals surface area (Å²) in [6.45, 7) is 3.19. The third-order valence-electron chi connectivity index (χ3n) is 6.02. The monoisotopic (exact) mass is 443 g/mol. The van der Waals surface area contributed by atoms with Crippen LogP contribution in [0.2, 0.25) is 5.02 Å². The van der Waals surface area contributed by atoms with E-state index in [4.69, 9.17) is 16.3 Å². The zero-order chi connectivity index (χ0) is 22.0. The lowest BCUT2D eigenvalue weighted by atomic mass is 9.89. The van der Waals surface area contributed by atoms with Crippen LogP contribution in [0.5, 0.6) is 5.88 Å². The number of rotatable bonds is 7. The van der Waals surface area contributed by atoms with Crippen molar-refractivity contribution in [2.24, 2.45) is 0 Å². The molecule has 31 heavy (non-hydrogen) atoms. The second-order valence-electron chi connectivity index (χ2n) is 8.05. The predicted molar refractivity (Wildman–Crippen MR) is 118 cm³/mol. The van der Waals surface area contributed by atoms with Gasteiger partial charge in [-0.05, 0) is 50.2 Å². The van der Waals surface area contributed by atoms with Gasteiger partial charge in [-0.25, -0.2) is 4.98 Å².